The average Bonchev–Trinajstić information content (AvgIpc) is 2.89. The zero-order chi connectivity index (χ0) is 25.7. The van der Waals surface area contributed by atoms with E-state index in [4.69, 9.17) is 4.74 Å². The van der Waals surface area contributed by atoms with Crippen LogP contribution in [0.25, 0.3) is 11.1 Å². The number of nitrogens with one attached hydrogen (secondary N) is 2. The summed E-state index contributed by atoms with van der Waals surface area (Å²) in [6.07, 6.45) is -4.63. The lowest BCUT2D eigenvalue weighted by molar-refractivity contribution is -0.137. The van der Waals surface area contributed by atoms with E-state index in [9.17, 15) is 22.8 Å². The number of rotatable bonds is 6. The standard InChI is InChI=1S/C27H26F3N3O3/c1-18(33-13-15-36-16-14-33)25(34)32-24-17-21(27(28,29)30)9-12-23(24)26(35)31-22-10-7-20(8-11-22)19-5-3-2-4-6-19/h2-12,17-18H,13-16H2,1H3,(H,31,35)(H,32,34). The van der Waals surface area contributed by atoms with Gasteiger partial charge in [0.1, 0.15) is 0 Å². The second-order valence-electron chi connectivity index (χ2n) is 8.47. The van der Waals surface area contributed by atoms with Gasteiger partial charge in [-0.1, -0.05) is 42.5 Å². The van der Waals surface area contributed by atoms with Crippen LogP contribution in [0, 0.1) is 0 Å². The average molecular weight is 498 g/mol. The van der Waals surface area contributed by atoms with Gasteiger partial charge in [-0.15, -0.1) is 0 Å². The molecular formula is C27H26F3N3O3. The summed E-state index contributed by atoms with van der Waals surface area (Å²) < 4.78 is 45.4. The summed E-state index contributed by atoms with van der Waals surface area (Å²) in [5.74, 6) is -1.14. The molecule has 0 saturated carbocycles. The van der Waals surface area contributed by atoms with Crippen molar-refractivity contribution in [1.29, 1.82) is 0 Å². The Morgan fingerprint density at radius 1 is 0.889 bits per heavy atom. The number of morpholine rings is 1. The molecule has 6 nitrogen and oxygen atoms in total. The lowest BCUT2D eigenvalue weighted by Crippen LogP contribution is -2.47. The predicted molar refractivity (Wildman–Crippen MR) is 132 cm³/mol. The van der Waals surface area contributed by atoms with E-state index in [2.05, 4.69) is 10.6 Å². The fourth-order valence-corrected chi connectivity index (χ4v) is 3.96. The van der Waals surface area contributed by atoms with E-state index in [1.54, 1.807) is 19.1 Å². The Labute approximate surface area is 207 Å². The van der Waals surface area contributed by atoms with Crippen molar-refractivity contribution in [2.75, 3.05) is 36.9 Å². The van der Waals surface area contributed by atoms with Crippen LogP contribution in [0.15, 0.2) is 72.8 Å². The third kappa shape index (κ3) is 6.10. The number of hydrogen-bond acceptors (Lipinski definition) is 4. The van der Waals surface area contributed by atoms with Crippen LogP contribution >= 0.6 is 0 Å². The molecule has 1 heterocycles. The van der Waals surface area contributed by atoms with Crippen LogP contribution in [0.2, 0.25) is 0 Å². The lowest BCUT2D eigenvalue weighted by atomic mass is 10.0. The highest BCUT2D eigenvalue weighted by Gasteiger charge is 2.32. The van der Waals surface area contributed by atoms with Crippen molar-refractivity contribution in [3.05, 3.63) is 83.9 Å². The maximum Gasteiger partial charge on any atom is 0.416 e. The third-order valence-corrected chi connectivity index (χ3v) is 6.07. The SMILES string of the molecule is CC(C(=O)Nc1cc(C(F)(F)F)ccc1C(=O)Nc1ccc(-c2ccccc2)cc1)N1CCOCC1. The van der Waals surface area contributed by atoms with Crippen molar-refractivity contribution in [2.24, 2.45) is 0 Å². The maximum absolute atomic E-state index is 13.4. The number of carbonyl (C=O) groups is 2. The van der Waals surface area contributed by atoms with Crippen LogP contribution in [0.3, 0.4) is 0 Å². The van der Waals surface area contributed by atoms with Gasteiger partial charge in [0.15, 0.2) is 0 Å². The van der Waals surface area contributed by atoms with Gasteiger partial charge in [0.25, 0.3) is 5.91 Å². The third-order valence-electron chi connectivity index (χ3n) is 6.07. The summed E-state index contributed by atoms with van der Waals surface area (Å²) in [5, 5.41) is 5.24. The van der Waals surface area contributed by atoms with Crippen LogP contribution in [0.4, 0.5) is 24.5 Å². The molecule has 0 aliphatic carbocycles. The van der Waals surface area contributed by atoms with Gasteiger partial charge in [0.05, 0.1) is 36.1 Å². The van der Waals surface area contributed by atoms with Crippen molar-refractivity contribution in [2.45, 2.75) is 19.1 Å². The summed E-state index contributed by atoms with van der Waals surface area (Å²) >= 11 is 0. The number of ether oxygens (including phenoxy) is 1. The minimum Gasteiger partial charge on any atom is -0.379 e. The Balaban J connectivity index is 1.54. The molecule has 0 aromatic heterocycles. The molecule has 1 saturated heterocycles. The summed E-state index contributed by atoms with van der Waals surface area (Å²) in [4.78, 5) is 27.8. The number of carbonyl (C=O) groups excluding carboxylic acids is 2. The molecule has 0 radical (unpaired) electrons. The molecule has 2 N–H and O–H groups in total. The van der Waals surface area contributed by atoms with E-state index in [-0.39, 0.29) is 11.3 Å². The summed E-state index contributed by atoms with van der Waals surface area (Å²) in [5.41, 5.74) is 1.20. The monoisotopic (exact) mass is 497 g/mol. The Bertz CT molecular complexity index is 1210. The van der Waals surface area contributed by atoms with Crippen molar-refractivity contribution in [1.82, 2.24) is 4.90 Å². The van der Waals surface area contributed by atoms with E-state index >= 15 is 0 Å². The summed E-state index contributed by atoms with van der Waals surface area (Å²) in [6.45, 7) is 3.67. The molecule has 3 aromatic rings. The molecule has 1 aliphatic rings. The van der Waals surface area contributed by atoms with E-state index in [0.29, 0.717) is 32.0 Å². The highest BCUT2D eigenvalue weighted by Crippen LogP contribution is 2.33. The van der Waals surface area contributed by atoms with Crippen LogP contribution in [0.5, 0.6) is 0 Å². The van der Waals surface area contributed by atoms with Crippen molar-refractivity contribution in [3.8, 4) is 11.1 Å². The minimum atomic E-state index is -4.63. The van der Waals surface area contributed by atoms with E-state index in [0.717, 1.165) is 29.3 Å². The topological polar surface area (TPSA) is 70.7 Å². The normalized spacial score (nSPS) is 15.2. The maximum atomic E-state index is 13.4. The number of anilines is 2. The molecule has 0 bridgehead atoms. The Morgan fingerprint density at radius 3 is 2.17 bits per heavy atom. The molecule has 1 aliphatic heterocycles. The number of nitrogens with zero attached hydrogens (tertiary/aromatic N) is 1. The predicted octanol–water partition coefficient (Wildman–Crippen LogP) is 5.28. The van der Waals surface area contributed by atoms with Gasteiger partial charge in [0, 0.05) is 18.8 Å². The van der Waals surface area contributed by atoms with Gasteiger partial charge in [-0.3, -0.25) is 14.5 Å². The Morgan fingerprint density at radius 2 is 1.53 bits per heavy atom. The number of halogens is 3. The van der Waals surface area contributed by atoms with Gasteiger partial charge in [-0.05, 0) is 48.4 Å². The van der Waals surface area contributed by atoms with Crippen LogP contribution < -0.4 is 10.6 Å². The van der Waals surface area contributed by atoms with Gasteiger partial charge in [-0.25, -0.2) is 0 Å². The fourth-order valence-electron chi connectivity index (χ4n) is 3.96. The number of benzene rings is 3. The lowest BCUT2D eigenvalue weighted by Gasteiger charge is -2.31. The first-order chi connectivity index (χ1) is 17.2. The van der Waals surface area contributed by atoms with E-state index in [1.165, 1.54) is 0 Å². The smallest absolute Gasteiger partial charge is 0.379 e. The van der Waals surface area contributed by atoms with Gasteiger partial charge in [-0.2, -0.15) is 13.2 Å². The molecule has 188 valence electrons. The zero-order valence-electron chi connectivity index (χ0n) is 19.6. The van der Waals surface area contributed by atoms with Crippen molar-refractivity contribution >= 4 is 23.2 Å². The zero-order valence-corrected chi connectivity index (χ0v) is 19.6. The first-order valence-electron chi connectivity index (χ1n) is 11.5. The van der Waals surface area contributed by atoms with Crippen LogP contribution in [-0.4, -0.2) is 49.1 Å². The number of amides is 2. The first kappa shape index (κ1) is 25.4. The number of hydrogen-bond donors (Lipinski definition) is 2. The van der Waals surface area contributed by atoms with Crippen LogP contribution in [-0.2, 0) is 15.7 Å². The number of alkyl halides is 3. The second-order valence-corrected chi connectivity index (χ2v) is 8.47. The molecule has 2 amide bonds. The molecule has 1 unspecified atom stereocenters. The highest BCUT2D eigenvalue weighted by atomic mass is 19.4. The second kappa shape index (κ2) is 10.9. The molecule has 36 heavy (non-hydrogen) atoms. The van der Waals surface area contributed by atoms with E-state index in [1.807, 2.05) is 47.4 Å². The molecule has 1 fully saturated rings. The molecule has 3 aromatic carbocycles. The van der Waals surface area contributed by atoms with Gasteiger partial charge >= 0.3 is 6.18 Å². The summed E-state index contributed by atoms with van der Waals surface area (Å²) in [7, 11) is 0. The first-order valence-corrected chi connectivity index (χ1v) is 11.5. The van der Waals surface area contributed by atoms with Crippen molar-refractivity contribution < 1.29 is 27.5 Å². The minimum absolute atomic E-state index is 0.0716. The van der Waals surface area contributed by atoms with Crippen LogP contribution in [0.1, 0.15) is 22.8 Å². The Kier molecular flexibility index (Phi) is 7.71. The van der Waals surface area contributed by atoms with E-state index < -0.39 is 29.6 Å². The molecular weight excluding hydrogens is 471 g/mol. The molecule has 1 atom stereocenters. The quantitative estimate of drug-likeness (QED) is 0.486. The van der Waals surface area contributed by atoms with Gasteiger partial charge in [0.2, 0.25) is 5.91 Å². The Hall–Kier alpha value is -3.69. The fraction of sp³-hybridized carbons (Fsp3) is 0.259. The largest absolute Gasteiger partial charge is 0.416 e. The van der Waals surface area contributed by atoms with Gasteiger partial charge < -0.3 is 15.4 Å². The molecule has 9 heteroatoms. The van der Waals surface area contributed by atoms with Crippen molar-refractivity contribution in [3.63, 3.8) is 0 Å². The molecule has 4 rings (SSSR count). The highest BCUT2D eigenvalue weighted by molar-refractivity contribution is 6.10. The molecule has 0 spiro atoms. The summed E-state index contributed by atoms with van der Waals surface area (Å²) in [6, 6.07) is 18.9.